The SMILES string of the molecule is COc1ccc(NC(=O)C[C@@]2(C(=O)O)C[C@H]3C=C[C@H]2C3)cc1. The van der Waals surface area contributed by atoms with Crippen molar-refractivity contribution < 1.29 is 19.4 Å². The number of methoxy groups -OCH3 is 1. The predicted octanol–water partition coefficient (Wildman–Crippen LogP) is 2.69. The van der Waals surface area contributed by atoms with E-state index in [0.29, 0.717) is 23.8 Å². The van der Waals surface area contributed by atoms with Crippen molar-refractivity contribution in [2.24, 2.45) is 17.3 Å². The van der Waals surface area contributed by atoms with E-state index in [0.717, 1.165) is 6.42 Å². The Bertz CT molecular complexity index is 622. The first-order valence-corrected chi connectivity index (χ1v) is 7.39. The smallest absolute Gasteiger partial charge is 0.310 e. The second-order valence-corrected chi connectivity index (χ2v) is 6.11. The topological polar surface area (TPSA) is 75.6 Å². The first kappa shape index (κ1) is 14.6. The number of anilines is 1. The second kappa shape index (κ2) is 5.48. The van der Waals surface area contributed by atoms with E-state index in [2.05, 4.69) is 11.4 Å². The molecule has 5 nitrogen and oxygen atoms in total. The van der Waals surface area contributed by atoms with E-state index < -0.39 is 11.4 Å². The van der Waals surface area contributed by atoms with E-state index in [4.69, 9.17) is 4.74 Å². The van der Waals surface area contributed by atoms with Gasteiger partial charge in [0.05, 0.1) is 12.5 Å². The van der Waals surface area contributed by atoms with Crippen LogP contribution >= 0.6 is 0 Å². The Morgan fingerprint density at radius 2 is 2.05 bits per heavy atom. The molecule has 2 N–H and O–H groups in total. The summed E-state index contributed by atoms with van der Waals surface area (Å²) in [5.41, 5.74) is -0.305. The van der Waals surface area contributed by atoms with Gasteiger partial charge in [0.2, 0.25) is 5.91 Å². The molecule has 0 radical (unpaired) electrons. The highest BCUT2D eigenvalue weighted by Gasteiger charge is 2.54. The quantitative estimate of drug-likeness (QED) is 0.820. The summed E-state index contributed by atoms with van der Waals surface area (Å²) < 4.78 is 5.06. The predicted molar refractivity (Wildman–Crippen MR) is 81.7 cm³/mol. The average Bonchev–Trinajstić information content (AvgIpc) is 3.09. The number of amides is 1. The number of hydrogen-bond acceptors (Lipinski definition) is 3. The van der Waals surface area contributed by atoms with E-state index in [9.17, 15) is 14.7 Å². The number of ether oxygens (including phenoxy) is 1. The van der Waals surface area contributed by atoms with Gasteiger partial charge in [-0.25, -0.2) is 0 Å². The summed E-state index contributed by atoms with van der Waals surface area (Å²) in [4.78, 5) is 24.0. The molecule has 2 aliphatic rings. The lowest BCUT2D eigenvalue weighted by Gasteiger charge is -2.30. The van der Waals surface area contributed by atoms with Gasteiger partial charge in [0.25, 0.3) is 0 Å². The largest absolute Gasteiger partial charge is 0.497 e. The minimum Gasteiger partial charge on any atom is -0.497 e. The highest BCUT2D eigenvalue weighted by molar-refractivity contribution is 5.94. The van der Waals surface area contributed by atoms with Crippen LogP contribution in [0.3, 0.4) is 0 Å². The van der Waals surface area contributed by atoms with Crippen molar-refractivity contribution in [3.05, 3.63) is 36.4 Å². The number of rotatable bonds is 5. The molecule has 0 aromatic heterocycles. The van der Waals surface area contributed by atoms with Crippen molar-refractivity contribution in [1.82, 2.24) is 0 Å². The van der Waals surface area contributed by atoms with E-state index in [1.807, 2.05) is 6.08 Å². The zero-order valence-corrected chi connectivity index (χ0v) is 12.4. The molecule has 0 heterocycles. The normalized spacial score (nSPS) is 28.6. The van der Waals surface area contributed by atoms with Crippen LogP contribution in [0, 0.1) is 17.3 Å². The maximum atomic E-state index is 12.3. The lowest BCUT2D eigenvalue weighted by Crippen LogP contribution is -2.38. The molecular formula is C17H19NO4. The highest BCUT2D eigenvalue weighted by Crippen LogP contribution is 2.54. The number of carboxylic acids is 1. The third kappa shape index (κ3) is 2.47. The molecular weight excluding hydrogens is 282 g/mol. The summed E-state index contributed by atoms with van der Waals surface area (Å²) in [6, 6.07) is 6.99. The lowest BCUT2D eigenvalue weighted by molar-refractivity contribution is -0.153. The van der Waals surface area contributed by atoms with Crippen LogP contribution in [0.15, 0.2) is 36.4 Å². The molecule has 0 spiro atoms. The molecule has 1 aromatic rings. The molecule has 5 heteroatoms. The van der Waals surface area contributed by atoms with E-state index in [-0.39, 0.29) is 18.2 Å². The fraction of sp³-hybridized carbons (Fsp3) is 0.412. The number of aliphatic carboxylic acids is 1. The van der Waals surface area contributed by atoms with E-state index in [1.54, 1.807) is 31.4 Å². The van der Waals surface area contributed by atoms with E-state index in [1.165, 1.54) is 0 Å². The summed E-state index contributed by atoms with van der Waals surface area (Å²) in [5.74, 6) is -0.146. The number of carbonyl (C=O) groups excluding carboxylic acids is 1. The Kier molecular flexibility index (Phi) is 3.64. The Morgan fingerprint density at radius 1 is 1.32 bits per heavy atom. The molecule has 2 aliphatic carbocycles. The first-order chi connectivity index (χ1) is 10.5. The van der Waals surface area contributed by atoms with Crippen molar-refractivity contribution in [2.75, 3.05) is 12.4 Å². The zero-order chi connectivity index (χ0) is 15.7. The highest BCUT2D eigenvalue weighted by atomic mass is 16.5. The summed E-state index contributed by atoms with van der Waals surface area (Å²) in [7, 11) is 1.58. The first-order valence-electron chi connectivity index (χ1n) is 7.39. The summed E-state index contributed by atoms with van der Waals surface area (Å²) >= 11 is 0. The van der Waals surface area contributed by atoms with Crippen LogP contribution in [-0.4, -0.2) is 24.1 Å². The van der Waals surface area contributed by atoms with Gasteiger partial charge in [0.1, 0.15) is 5.75 Å². The summed E-state index contributed by atoms with van der Waals surface area (Å²) in [6.45, 7) is 0. The number of carbonyl (C=O) groups is 2. The Labute approximate surface area is 129 Å². The molecule has 1 fully saturated rings. The van der Waals surface area contributed by atoms with Gasteiger partial charge in [0, 0.05) is 12.1 Å². The van der Waals surface area contributed by atoms with Crippen molar-refractivity contribution >= 4 is 17.6 Å². The minimum absolute atomic E-state index is 0.0138. The zero-order valence-electron chi connectivity index (χ0n) is 12.4. The Morgan fingerprint density at radius 3 is 2.55 bits per heavy atom. The van der Waals surface area contributed by atoms with Gasteiger partial charge in [-0.3, -0.25) is 9.59 Å². The van der Waals surface area contributed by atoms with Crippen LogP contribution in [0.4, 0.5) is 5.69 Å². The van der Waals surface area contributed by atoms with Gasteiger partial charge < -0.3 is 15.2 Å². The number of hydrogen-bond donors (Lipinski definition) is 2. The van der Waals surface area contributed by atoms with E-state index >= 15 is 0 Å². The lowest BCUT2D eigenvalue weighted by atomic mass is 9.73. The maximum Gasteiger partial charge on any atom is 0.310 e. The molecule has 3 atom stereocenters. The molecule has 0 unspecified atom stereocenters. The molecule has 1 amide bonds. The molecule has 3 rings (SSSR count). The van der Waals surface area contributed by atoms with Gasteiger partial charge in [-0.2, -0.15) is 0 Å². The van der Waals surface area contributed by atoms with Gasteiger partial charge in [0.15, 0.2) is 0 Å². The van der Waals surface area contributed by atoms with Crippen molar-refractivity contribution in [1.29, 1.82) is 0 Å². The van der Waals surface area contributed by atoms with Gasteiger partial charge in [-0.15, -0.1) is 0 Å². The number of carboxylic acid groups (broad SMARTS) is 1. The molecule has 22 heavy (non-hydrogen) atoms. The van der Waals surface area contributed by atoms with Gasteiger partial charge in [-0.05, 0) is 48.9 Å². The summed E-state index contributed by atoms with van der Waals surface area (Å²) in [6.07, 6.45) is 5.46. The van der Waals surface area contributed by atoms with Crippen LogP contribution in [-0.2, 0) is 9.59 Å². The Hall–Kier alpha value is -2.30. The van der Waals surface area contributed by atoms with Crippen LogP contribution in [0.2, 0.25) is 0 Å². The number of allylic oxidation sites excluding steroid dienone is 2. The third-order valence-electron chi connectivity index (χ3n) is 4.78. The third-order valence-corrected chi connectivity index (χ3v) is 4.78. The molecule has 116 valence electrons. The van der Waals surface area contributed by atoms with Crippen LogP contribution in [0.25, 0.3) is 0 Å². The number of benzene rings is 1. The minimum atomic E-state index is -0.948. The second-order valence-electron chi connectivity index (χ2n) is 6.11. The fourth-order valence-electron chi connectivity index (χ4n) is 3.65. The number of nitrogens with one attached hydrogen (secondary N) is 1. The monoisotopic (exact) mass is 301 g/mol. The number of fused-ring (bicyclic) bond motifs is 2. The maximum absolute atomic E-state index is 12.3. The van der Waals surface area contributed by atoms with Crippen molar-refractivity contribution in [3.63, 3.8) is 0 Å². The van der Waals surface area contributed by atoms with Crippen molar-refractivity contribution in [2.45, 2.75) is 19.3 Å². The summed E-state index contributed by atoms with van der Waals surface area (Å²) in [5, 5.41) is 12.4. The fourth-order valence-corrected chi connectivity index (χ4v) is 3.65. The van der Waals surface area contributed by atoms with Crippen LogP contribution < -0.4 is 10.1 Å². The van der Waals surface area contributed by atoms with Gasteiger partial charge >= 0.3 is 5.97 Å². The van der Waals surface area contributed by atoms with Crippen molar-refractivity contribution in [3.8, 4) is 5.75 Å². The molecule has 0 aliphatic heterocycles. The van der Waals surface area contributed by atoms with Crippen LogP contribution in [0.1, 0.15) is 19.3 Å². The average molecular weight is 301 g/mol. The Balaban J connectivity index is 1.70. The molecule has 2 bridgehead atoms. The molecule has 1 saturated carbocycles. The van der Waals surface area contributed by atoms with Gasteiger partial charge in [-0.1, -0.05) is 12.2 Å². The molecule has 0 saturated heterocycles. The van der Waals surface area contributed by atoms with Crippen LogP contribution in [0.5, 0.6) is 5.75 Å². The standard InChI is InChI=1S/C17H19NO4/c1-22-14-6-4-13(5-7-14)18-15(19)10-17(16(20)21)9-11-2-3-12(17)8-11/h2-7,11-12H,8-10H2,1H3,(H,18,19)(H,20,21)/t11-,12-,17-/m0/s1. The molecule has 1 aromatic carbocycles.